The predicted molar refractivity (Wildman–Crippen MR) is 98.1 cm³/mol. The lowest BCUT2D eigenvalue weighted by Crippen LogP contribution is -2.47. The molecule has 0 bridgehead atoms. The van der Waals surface area contributed by atoms with E-state index in [1.165, 1.54) is 11.8 Å². The van der Waals surface area contributed by atoms with Crippen LogP contribution >= 0.6 is 23.4 Å². The minimum Gasteiger partial charge on any atom is -0.444 e. The zero-order valence-electron chi connectivity index (χ0n) is 14.9. The molecule has 1 amide bonds. The van der Waals surface area contributed by atoms with Crippen molar-refractivity contribution in [3.63, 3.8) is 0 Å². The van der Waals surface area contributed by atoms with Gasteiger partial charge in [0.2, 0.25) is 0 Å². The van der Waals surface area contributed by atoms with Crippen molar-refractivity contribution in [1.82, 2.24) is 14.9 Å². The Bertz CT molecular complexity index is 586. The first-order valence-electron chi connectivity index (χ1n) is 7.99. The van der Waals surface area contributed by atoms with Gasteiger partial charge in [0, 0.05) is 32.2 Å². The van der Waals surface area contributed by atoms with Crippen molar-refractivity contribution in [3.8, 4) is 0 Å². The molecule has 0 atom stereocenters. The maximum Gasteiger partial charge on any atom is 0.410 e. The molecule has 1 fully saturated rings. The summed E-state index contributed by atoms with van der Waals surface area (Å²) >= 11 is 7.55. The molecule has 1 aliphatic heterocycles. The van der Waals surface area contributed by atoms with E-state index in [0.717, 1.165) is 18.7 Å². The number of piperidine rings is 1. The fourth-order valence-electron chi connectivity index (χ4n) is 2.61. The molecule has 0 unspecified atom stereocenters. The molecule has 8 heteroatoms. The van der Waals surface area contributed by atoms with Gasteiger partial charge < -0.3 is 14.5 Å². The van der Waals surface area contributed by atoms with Crippen LogP contribution in [0.5, 0.6) is 0 Å². The molecule has 134 valence electrons. The van der Waals surface area contributed by atoms with E-state index in [9.17, 15) is 4.79 Å². The Hall–Kier alpha value is -1.21. The Morgan fingerprint density at radius 2 is 2.00 bits per heavy atom. The Kier molecular flexibility index (Phi) is 6.20. The van der Waals surface area contributed by atoms with Crippen LogP contribution in [-0.4, -0.2) is 59.0 Å². The van der Waals surface area contributed by atoms with Crippen molar-refractivity contribution in [2.75, 3.05) is 31.3 Å². The van der Waals surface area contributed by atoms with Gasteiger partial charge in [0.1, 0.15) is 16.6 Å². The highest BCUT2D eigenvalue weighted by Crippen LogP contribution is 2.25. The van der Waals surface area contributed by atoms with Crippen LogP contribution in [0.1, 0.15) is 33.6 Å². The molecule has 24 heavy (non-hydrogen) atoms. The van der Waals surface area contributed by atoms with Crippen LogP contribution in [-0.2, 0) is 4.74 Å². The van der Waals surface area contributed by atoms with Crippen LogP contribution in [0.2, 0.25) is 5.15 Å². The standard InChI is InChI=1S/C16H25ClN4O2S/c1-16(2,3)23-15(22)21-8-6-11(7-9-21)20(4)13-10-12(17)18-14(19-13)24-5/h10-11H,6-9H2,1-5H3. The molecule has 1 aromatic heterocycles. The monoisotopic (exact) mass is 372 g/mol. The average Bonchev–Trinajstić information content (AvgIpc) is 2.52. The molecular weight excluding hydrogens is 348 g/mol. The number of hydrogen-bond acceptors (Lipinski definition) is 6. The fraction of sp³-hybridized carbons (Fsp3) is 0.688. The van der Waals surface area contributed by atoms with Gasteiger partial charge in [-0.3, -0.25) is 0 Å². The van der Waals surface area contributed by atoms with Crippen LogP contribution in [0.3, 0.4) is 0 Å². The lowest BCUT2D eigenvalue weighted by molar-refractivity contribution is 0.0205. The van der Waals surface area contributed by atoms with E-state index in [2.05, 4.69) is 14.9 Å². The summed E-state index contributed by atoms with van der Waals surface area (Å²) in [6.07, 6.45) is 3.42. The molecule has 0 aliphatic carbocycles. The fourth-order valence-corrected chi connectivity index (χ4v) is 3.21. The normalized spacial score (nSPS) is 16.2. The second-order valence-corrected chi connectivity index (χ2v) is 8.01. The van der Waals surface area contributed by atoms with Gasteiger partial charge in [-0.15, -0.1) is 0 Å². The van der Waals surface area contributed by atoms with E-state index in [1.54, 1.807) is 11.0 Å². The van der Waals surface area contributed by atoms with Crippen molar-refractivity contribution in [2.45, 2.75) is 50.4 Å². The number of carbonyl (C=O) groups is 1. The SMILES string of the molecule is CSc1nc(Cl)cc(N(C)C2CCN(C(=O)OC(C)(C)C)CC2)n1. The molecule has 0 saturated carbocycles. The van der Waals surface area contributed by atoms with Gasteiger partial charge in [-0.1, -0.05) is 23.4 Å². The van der Waals surface area contributed by atoms with Gasteiger partial charge in [-0.25, -0.2) is 14.8 Å². The second kappa shape index (κ2) is 7.78. The van der Waals surface area contributed by atoms with Crippen molar-refractivity contribution in [3.05, 3.63) is 11.2 Å². The first-order valence-corrected chi connectivity index (χ1v) is 9.59. The van der Waals surface area contributed by atoms with Crippen LogP contribution in [0.15, 0.2) is 11.2 Å². The number of thioether (sulfide) groups is 1. The summed E-state index contributed by atoms with van der Waals surface area (Å²) in [4.78, 5) is 24.7. The summed E-state index contributed by atoms with van der Waals surface area (Å²) in [6.45, 7) is 7.01. The molecule has 1 aromatic rings. The van der Waals surface area contributed by atoms with Crippen LogP contribution < -0.4 is 4.90 Å². The van der Waals surface area contributed by atoms with Crippen molar-refractivity contribution < 1.29 is 9.53 Å². The summed E-state index contributed by atoms with van der Waals surface area (Å²) in [5, 5.41) is 1.11. The molecule has 0 radical (unpaired) electrons. The highest BCUT2D eigenvalue weighted by atomic mass is 35.5. The second-order valence-electron chi connectivity index (χ2n) is 6.85. The summed E-state index contributed by atoms with van der Waals surface area (Å²) in [6, 6.07) is 2.09. The van der Waals surface area contributed by atoms with E-state index in [-0.39, 0.29) is 6.09 Å². The number of carbonyl (C=O) groups excluding carboxylic acids is 1. The zero-order valence-corrected chi connectivity index (χ0v) is 16.4. The van der Waals surface area contributed by atoms with Gasteiger partial charge in [-0.05, 0) is 39.9 Å². The average molecular weight is 373 g/mol. The number of halogens is 1. The summed E-state index contributed by atoms with van der Waals surface area (Å²) in [5.74, 6) is 0.815. The Morgan fingerprint density at radius 3 is 2.54 bits per heavy atom. The summed E-state index contributed by atoms with van der Waals surface area (Å²) < 4.78 is 5.44. The Morgan fingerprint density at radius 1 is 1.38 bits per heavy atom. The van der Waals surface area contributed by atoms with E-state index < -0.39 is 5.60 Å². The number of amides is 1. The van der Waals surface area contributed by atoms with Gasteiger partial charge in [0.15, 0.2) is 5.16 Å². The number of likely N-dealkylation sites (tertiary alicyclic amines) is 1. The maximum absolute atomic E-state index is 12.1. The summed E-state index contributed by atoms with van der Waals surface area (Å²) in [5.41, 5.74) is -0.462. The molecular formula is C16H25ClN4O2S. The highest BCUT2D eigenvalue weighted by Gasteiger charge is 2.29. The number of hydrogen-bond donors (Lipinski definition) is 0. The molecule has 2 rings (SSSR count). The lowest BCUT2D eigenvalue weighted by Gasteiger charge is -2.37. The van der Waals surface area contributed by atoms with E-state index in [1.807, 2.05) is 34.1 Å². The van der Waals surface area contributed by atoms with Crippen LogP contribution in [0.4, 0.5) is 10.6 Å². The zero-order chi connectivity index (χ0) is 17.9. The van der Waals surface area contributed by atoms with Crippen molar-refractivity contribution in [2.24, 2.45) is 0 Å². The number of ether oxygens (including phenoxy) is 1. The van der Waals surface area contributed by atoms with Crippen molar-refractivity contribution >= 4 is 35.3 Å². The topological polar surface area (TPSA) is 58.6 Å². The maximum atomic E-state index is 12.1. The largest absolute Gasteiger partial charge is 0.444 e. The molecule has 1 saturated heterocycles. The molecule has 0 spiro atoms. The minimum absolute atomic E-state index is 0.238. The third-order valence-electron chi connectivity index (χ3n) is 3.87. The number of anilines is 1. The Labute approximate surface area is 152 Å². The van der Waals surface area contributed by atoms with Gasteiger partial charge in [0.25, 0.3) is 0 Å². The first-order chi connectivity index (χ1) is 11.2. The van der Waals surface area contributed by atoms with E-state index in [0.29, 0.717) is 29.4 Å². The van der Waals surface area contributed by atoms with Gasteiger partial charge in [-0.2, -0.15) is 0 Å². The molecule has 0 N–H and O–H groups in total. The summed E-state index contributed by atoms with van der Waals surface area (Å²) in [7, 11) is 2.01. The molecule has 1 aliphatic rings. The van der Waals surface area contributed by atoms with Gasteiger partial charge >= 0.3 is 6.09 Å². The van der Waals surface area contributed by atoms with Crippen LogP contribution in [0.25, 0.3) is 0 Å². The highest BCUT2D eigenvalue weighted by molar-refractivity contribution is 7.98. The minimum atomic E-state index is -0.462. The number of rotatable bonds is 3. The van der Waals surface area contributed by atoms with E-state index in [4.69, 9.17) is 16.3 Å². The predicted octanol–water partition coefficient (Wildman–Crippen LogP) is 3.69. The van der Waals surface area contributed by atoms with Gasteiger partial charge in [0.05, 0.1) is 0 Å². The number of nitrogens with zero attached hydrogens (tertiary/aromatic N) is 4. The smallest absolute Gasteiger partial charge is 0.410 e. The van der Waals surface area contributed by atoms with Crippen molar-refractivity contribution in [1.29, 1.82) is 0 Å². The first kappa shape index (κ1) is 19.1. The molecule has 6 nitrogen and oxygen atoms in total. The number of aromatic nitrogens is 2. The quantitative estimate of drug-likeness (QED) is 0.458. The van der Waals surface area contributed by atoms with E-state index >= 15 is 0 Å². The third-order valence-corrected chi connectivity index (χ3v) is 4.61. The van der Waals surface area contributed by atoms with Crippen LogP contribution in [0, 0.1) is 0 Å². The molecule has 2 heterocycles. The lowest BCUT2D eigenvalue weighted by atomic mass is 10.0. The Balaban J connectivity index is 1.97. The third kappa shape index (κ3) is 5.14. The molecule has 0 aromatic carbocycles.